The van der Waals surface area contributed by atoms with Gasteiger partial charge in [0.15, 0.2) is 5.11 Å². The Morgan fingerprint density at radius 2 is 1.89 bits per heavy atom. The second-order valence-electron chi connectivity index (χ2n) is 9.72. The summed E-state index contributed by atoms with van der Waals surface area (Å²) in [5, 5.41) is 4.33. The number of benzene rings is 1. The minimum atomic E-state index is -0.0371. The molecule has 36 heavy (non-hydrogen) atoms. The number of nitrogens with zero attached hydrogens (tertiary/aromatic N) is 4. The molecule has 1 N–H and O–H groups in total. The van der Waals surface area contributed by atoms with Crippen LogP contribution < -0.4 is 10.2 Å². The number of nitrogens with one attached hydrogen (secondary N) is 1. The van der Waals surface area contributed by atoms with Gasteiger partial charge in [0.1, 0.15) is 0 Å². The molecule has 4 heterocycles. The average molecular weight is 569 g/mol. The first kappa shape index (κ1) is 25.4. The minimum Gasteiger partial charge on any atom is -0.379 e. The normalized spacial score (nSPS) is 20.7. The molecule has 3 aromatic rings. The number of hydrogen-bond donors (Lipinski definition) is 1. The lowest BCUT2D eigenvalue weighted by molar-refractivity contribution is 0.0369. The molecule has 0 spiro atoms. The Balaban J connectivity index is 1.48. The molecule has 2 atom stereocenters. The van der Waals surface area contributed by atoms with E-state index in [9.17, 15) is 0 Å². The van der Waals surface area contributed by atoms with E-state index in [1.807, 2.05) is 18.3 Å². The molecule has 2 aromatic heterocycles. The number of aromatic nitrogens is 2. The van der Waals surface area contributed by atoms with Crippen molar-refractivity contribution in [3.8, 4) is 0 Å². The largest absolute Gasteiger partial charge is 0.379 e. The zero-order valence-corrected chi connectivity index (χ0v) is 23.6. The van der Waals surface area contributed by atoms with Crippen LogP contribution in [0.25, 0.3) is 0 Å². The molecular weight excluding hydrogens is 534 g/mol. The lowest BCUT2D eigenvalue weighted by Crippen LogP contribution is -2.37. The van der Waals surface area contributed by atoms with Crippen LogP contribution in [0, 0.1) is 20.8 Å². The fourth-order valence-electron chi connectivity index (χ4n) is 5.48. The molecule has 6 nitrogen and oxygen atoms in total. The summed E-state index contributed by atoms with van der Waals surface area (Å²) < 4.78 is 9.07. The number of hydrogen-bond acceptors (Lipinski definition) is 4. The van der Waals surface area contributed by atoms with Gasteiger partial charge in [0, 0.05) is 53.9 Å². The van der Waals surface area contributed by atoms with Crippen molar-refractivity contribution in [3.63, 3.8) is 0 Å². The number of rotatable bonds is 7. The Morgan fingerprint density at radius 1 is 1.08 bits per heavy atom. The lowest BCUT2D eigenvalue weighted by Gasteiger charge is -2.29. The molecule has 0 aliphatic carbocycles. The molecule has 2 aliphatic heterocycles. The van der Waals surface area contributed by atoms with Crippen molar-refractivity contribution in [1.29, 1.82) is 0 Å². The number of anilines is 1. The van der Waals surface area contributed by atoms with Crippen LogP contribution >= 0.6 is 28.1 Å². The Hall–Kier alpha value is -2.26. The smallest absolute Gasteiger partial charge is 0.174 e. The van der Waals surface area contributed by atoms with E-state index in [2.05, 4.69) is 86.7 Å². The maximum absolute atomic E-state index is 5.93. The van der Waals surface area contributed by atoms with E-state index in [4.69, 9.17) is 21.9 Å². The van der Waals surface area contributed by atoms with Crippen molar-refractivity contribution in [2.24, 2.45) is 0 Å². The number of thiocarbonyl (C=S) groups is 1. The zero-order valence-electron chi connectivity index (χ0n) is 21.2. The van der Waals surface area contributed by atoms with Gasteiger partial charge in [-0.15, -0.1) is 0 Å². The van der Waals surface area contributed by atoms with E-state index in [1.165, 1.54) is 22.5 Å². The van der Waals surface area contributed by atoms with Crippen molar-refractivity contribution < 1.29 is 4.74 Å². The molecule has 8 heteroatoms. The molecule has 0 saturated carbocycles. The Labute approximate surface area is 227 Å². The SMILES string of the molecule is Cc1cc(N2C(=S)N[C@@H](c3ccccn3)[C@@H]2c2cc(C)n(CCCN3CCOCC3)c2C)ccc1Br. The minimum absolute atomic E-state index is 0.00664. The summed E-state index contributed by atoms with van der Waals surface area (Å²) in [4.78, 5) is 9.49. The number of ether oxygens (including phenoxy) is 1. The highest BCUT2D eigenvalue weighted by Gasteiger charge is 2.42. The Morgan fingerprint density at radius 3 is 2.61 bits per heavy atom. The van der Waals surface area contributed by atoms with Gasteiger partial charge >= 0.3 is 0 Å². The Kier molecular flexibility index (Phi) is 7.76. The van der Waals surface area contributed by atoms with Gasteiger partial charge in [-0.25, -0.2) is 0 Å². The second kappa shape index (κ2) is 11.0. The summed E-state index contributed by atoms with van der Waals surface area (Å²) in [6, 6.07) is 14.9. The van der Waals surface area contributed by atoms with Gasteiger partial charge < -0.3 is 19.5 Å². The highest BCUT2D eigenvalue weighted by atomic mass is 79.9. The van der Waals surface area contributed by atoms with Gasteiger partial charge in [0.05, 0.1) is 31.0 Å². The summed E-state index contributed by atoms with van der Waals surface area (Å²) in [7, 11) is 0. The fourth-order valence-corrected chi connectivity index (χ4v) is 6.07. The molecule has 0 amide bonds. The van der Waals surface area contributed by atoms with E-state index in [0.717, 1.165) is 66.8 Å². The number of aryl methyl sites for hydroxylation is 2. The van der Waals surface area contributed by atoms with Gasteiger partial charge in [-0.3, -0.25) is 9.88 Å². The van der Waals surface area contributed by atoms with Crippen LogP contribution in [0.15, 0.2) is 53.1 Å². The van der Waals surface area contributed by atoms with Crippen LogP contribution in [0.5, 0.6) is 0 Å². The summed E-state index contributed by atoms with van der Waals surface area (Å²) in [5.74, 6) is 0. The van der Waals surface area contributed by atoms with E-state index in [-0.39, 0.29) is 12.1 Å². The molecule has 0 bridgehead atoms. The van der Waals surface area contributed by atoms with Gasteiger partial charge in [0.25, 0.3) is 0 Å². The van der Waals surface area contributed by atoms with Gasteiger partial charge in [-0.1, -0.05) is 22.0 Å². The fraction of sp³-hybridized carbons (Fsp3) is 0.429. The lowest BCUT2D eigenvalue weighted by atomic mass is 9.96. The summed E-state index contributed by atoms with van der Waals surface area (Å²) >= 11 is 9.58. The predicted molar refractivity (Wildman–Crippen MR) is 153 cm³/mol. The van der Waals surface area contributed by atoms with Crippen LogP contribution in [0.3, 0.4) is 0 Å². The first-order valence-corrected chi connectivity index (χ1v) is 13.9. The number of halogens is 1. The second-order valence-corrected chi connectivity index (χ2v) is 11.0. The number of pyridine rings is 1. The molecule has 2 fully saturated rings. The molecule has 5 rings (SSSR count). The topological polar surface area (TPSA) is 45.6 Å². The van der Waals surface area contributed by atoms with Crippen LogP contribution in [-0.2, 0) is 11.3 Å². The summed E-state index contributed by atoms with van der Waals surface area (Å²) in [5.41, 5.74) is 7.15. The van der Waals surface area contributed by atoms with Crippen molar-refractivity contribution in [3.05, 3.63) is 81.3 Å². The summed E-state index contributed by atoms with van der Waals surface area (Å²) in [6.45, 7) is 12.5. The maximum atomic E-state index is 5.93. The van der Waals surface area contributed by atoms with Crippen LogP contribution in [-0.4, -0.2) is 52.4 Å². The van der Waals surface area contributed by atoms with Crippen LogP contribution in [0.4, 0.5) is 5.69 Å². The van der Waals surface area contributed by atoms with Crippen molar-refractivity contribution >= 4 is 38.9 Å². The molecule has 2 saturated heterocycles. The molecule has 2 aliphatic rings. The highest BCUT2D eigenvalue weighted by Crippen LogP contribution is 2.43. The van der Waals surface area contributed by atoms with Gasteiger partial charge in [-0.05, 0) is 86.9 Å². The first-order valence-electron chi connectivity index (χ1n) is 12.7. The van der Waals surface area contributed by atoms with Gasteiger partial charge in [0.2, 0.25) is 0 Å². The van der Waals surface area contributed by atoms with E-state index >= 15 is 0 Å². The average Bonchev–Trinajstić information content (AvgIpc) is 3.37. The van der Waals surface area contributed by atoms with Crippen LogP contribution in [0.2, 0.25) is 0 Å². The van der Waals surface area contributed by atoms with Crippen molar-refractivity contribution in [2.45, 2.75) is 45.8 Å². The monoisotopic (exact) mass is 567 g/mol. The molecule has 0 unspecified atom stereocenters. The zero-order chi connectivity index (χ0) is 25.2. The van der Waals surface area contributed by atoms with Crippen molar-refractivity contribution in [2.75, 3.05) is 37.7 Å². The van der Waals surface area contributed by atoms with E-state index in [1.54, 1.807) is 0 Å². The Bertz CT molecular complexity index is 1220. The molecule has 190 valence electrons. The molecule has 0 radical (unpaired) electrons. The quantitative estimate of drug-likeness (QED) is 0.382. The molecular formula is C28H34BrN5OS. The van der Waals surface area contributed by atoms with E-state index < -0.39 is 0 Å². The highest BCUT2D eigenvalue weighted by molar-refractivity contribution is 9.10. The maximum Gasteiger partial charge on any atom is 0.174 e. The van der Waals surface area contributed by atoms with Crippen molar-refractivity contribution in [1.82, 2.24) is 19.8 Å². The number of morpholine rings is 1. The van der Waals surface area contributed by atoms with E-state index in [0.29, 0.717) is 0 Å². The molecule has 1 aromatic carbocycles. The standard InChI is InChI=1S/C28H34BrN5OS/c1-19-17-22(8-9-24(19)29)34-27(26(31-28(34)36)25-7-4-5-10-30-25)23-18-20(2)33(21(23)3)12-6-11-32-13-15-35-16-14-32/h4-5,7-10,17-18,26-27H,6,11-16H2,1-3H3,(H,31,36)/t26-,27-/m0/s1. The third kappa shape index (κ3) is 5.09. The predicted octanol–water partition coefficient (Wildman–Crippen LogP) is 5.47. The first-order chi connectivity index (χ1) is 17.4. The summed E-state index contributed by atoms with van der Waals surface area (Å²) in [6.07, 6.45) is 2.98. The third-order valence-corrected chi connectivity index (χ3v) is 8.61. The van der Waals surface area contributed by atoms with Gasteiger partial charge in [-0.2, -0.15) is 0 Å². The third-order valence-electron chi connectivity index (χ3n) is 7.41. The van der Waals surface area contributed by atoms with Crippen LogP contribution in [0.1, 0.15) is 46.7 Å².